The molecule has 1 atom stereocenters. The number of rotatable bonds is 6. The van der Waals surface area contributed by atoms with Crippen molar-refractivity contribution in [3.63, 3.8) is 0 Å². The molecule has 1 amide bonds. The van der Waals surface area contributed by atoms with Gasteiger partial charge in [0.25, 0.3) is 0 Å². The van der Waals surface area contributed by atoms with Gasteiger partial charge in [-0.3, -0.25) is 4.79 Å². The van der Waals surface area contributed by atoms with Gasteiger partial charge in [0.2, 0.25) is 5.91 Å². The molecule has 1 unspecified atom stereocenters. The second kappa shape index (κ2) is 8.49. The molecule has 1 saturated heterocycles. The van der Waals surface area contributed by atoms with Gasteiger partial charge in [-0.2, -0.15) is 0 Å². The second-order valence-electron chi connectivity index (χ2n) is 6.20. The minimum atomic E-state index is -0.399. The summed E-state index contributed by atoms with van der Waals surface area (Å²) in [6.45, 7) is 2.78. The zero-order valence-corrected chi connectivity index (χ0v) is 14.7. The third-order valence-corrected chi connectivity index (χ3v) is 4.09. The number of para-hydroxylation sites is 1. The number of carbonyl (C=O) groups is 2. The average Bonchev–Trinajstić information content (AvgIpc) is 3.15. The normalized spacial score (nSPS) is 16.1. The molecule has 1 heterocycles. The maximum atomic E-state index is 12.4. The first kappa shape index (κ1) is 17.9. The summed E-state index contributed by atoms with van der Waals surface area (Å²) in [7, 11) is 0. The summed E-state index contributed by atoms with van der Waals surface area (Å²) in [5.41, 5.74) is 1.07. The van der Waals surface area contributed by atoms with Gasteiger partial charge in [0.1, 0.15) is 23.7 Å². The lowest BCUT2D eigenvalue weighted by molar-refractivity contribution is -0.114. The molecule has 1 aliphatic heterocycles. The summed E-state index contributed by atoms with van der Waals surface area (Å²) < 4.78 is 11.3. The molecule has 2 aromatic carbocycles. The maximum absolute atomic E-state index is 12.4. The van der Waals surface area contributed by atoms with Crippen LogP contribution in [-0.2, 0) is 9.53 Å². The third kappa shape index (κ3) is 4.83. The molecule has 6 nitrogen and oxygen atoms in total. The van der Waals surface area contributed by atoms with E-state index in [1.807, 2.05) is 0 Å². The van der Waals surface area contributed by atoms with E-state index in [9.17, 15) is 9.59 Å². The minimum absolute atomic E-state index is 0.136. The van der Waals surface area contributed by atoms with Crippen molar-refractivity contribution < 1.29 is 19.1 Å². The summed E-state index contributed by atoms with van der Waals surface area (Å²) >= 11 is 0. The number of nitrogens with one attached hydrogen (secondary N) is 2. The molecule has 0 saturated carbocycles. The Morgan fingerprint density at radius 2 is 1.92 bits per heavy atom. The smallest absolute Gasteiger partial charge is 0.341 e. The van der Waals surface area contributed by atoms with Gasteiger partial charge in [-0.05, 0) is 55.8 Å². The van der Waals surface area contributed by atoms with Gasteiger partial charge in [-0.25, -0.2) is 4.79 Å². The van der Waals surface area contributed by atoms with E-state index in [2.05, 4.69) is 10.6 Å². The predicted molar refractivity (Wildman–Crippen MR) is 98.6 cm³/mol. The van der Waals surface area contributed by atoms with Gasteiger partial charge in [-0.1, -0.05) is 12.1 Å². The van der Waals surface area contributed by atoms with Crippen molar-refractivity contribution in [1.29, 1.82) is 0 Å². The molecule has 0 radical (unpaired) electrons. The van der Waals surface area contributed by atoms with Gasteiger partial charge in [0.05, 0.1) is 0 Å². The van der Waals surface area contributed by atoms with E-state index in [-0.39, 0.29) is 11.9 Å². The standard InChI is InChI=1S/C20H22N2O4/c1-14(23)22-15-8-10-17(11-9-15)26-19-7-3-2-6-18(19)20(24)25-13-16-5-4-12-21-16/h2-3,6-11,16,21H,4-5,12-13H2,1H3,(H,22,23). The highest BCUT2D eigenvalue weighted by atomic mass is 16.5. The van der Waals surface area contributed by atoms with E-state index in [1.54, 1.807) is 48.5 Å². The van der Waals surface area contributed by atoms with Crippen LogP contribution in [0.3, 0.4) is 0 Å². The molecule has 2 aromatic rings. The quantitative estimate of drug-likeness (QED) is 0.778. The van der Waals surface area contributed by atoms with Crippen molar-refractivity contribution in [1.82, 2.24) is 5.32 Å². The number of benzene rings is 2. The summed E-state index contributed by atoms with van der Waals surface area (Å²) in [5.74, 6) is 0.466. The van der Waals surface area contributed by atoms with Gasteiger partial charge in [-0.15, -0.1) is 0 Å². The van der Waals surface area contributed by atoms with Crippen LogP contribution in [0.1, 0.15) is 30.1 Å². The van der Waals surface area contributed by atoms with Crippen LogP contribution in [-0.4, -0.2) is 31.1 Å². The molecule has 26 heavy (non-hydrogen) atoms. The fraction of sp³-hybridized carbons (Fsp3) is 0.300. The molecular weight excluding hydrogens is 332 g/mol. The first-order chi connectivity index (χ1) is 12.6. The van der Waals surface area contributed by atoms with Crippen molar-refractivity contribution >= 4 is 17.6 Å². The van der Waals surface area contributed by atoms with Crippen LogP contribution in [0, 0.1) is 0 Å². The van der Waals surface area contributed by atoms with E-state index in [1.165, 1.54) is 6.92 Å². The van der Waals surface area contributed by atoms with Crippen molar-refractivity contribution in [2.75, 3.05) is 18.5 Å². The van der Waals surface area contributed by atoms with Gasteiger partial charge < -0.3 is 20.1 Å². The lowest BCUT2D eigenvalue weighted by Crippen LogP contribution is -2.28. The van der Waals surface area contributed by atoms with E-state index >= 15 is 0 Å². The second-order valence-corrected chi connectivity index (χ2v) is 6.20. The van der Waals surface area contributed by atoms with Crippen LogP contribution in [0.2, 0.25) is 0 Å². The molecule has 1 aliphatic rings. The number of ether oxygens (including phenoxy) is 2. The molecular formula is C20H22N2O4. The Morgan fingerprint density at radius 1 is 1.15 bits per heavy atom. The van der Waals surface area contributed by atoms with E-state index in [0.29, 0.717) is 29.4 Å². The highest BCUT2D eigenvalue weighted by Crippen LogP contribution is 2.27. The molecule has 136 valence electrons. The van der Waals surface area contributed by atoms with Crippen LogP contribution in [0.4, 0.5) is 5.69 Å². The van der Waals surface area contributed by atoms with E-state index in [4.69, 9.17) is 9.47 Å². The fourth-order valence-electron chi connectivity index (χ4n) is 2.81. The number of hydrogen-bond donors (Lipinski definition) is 2. The minimum Gasteiger partial charge on any atom is -0.460 e. The van der Waals surface area contributed by atoms with Gasteiger partial charge >= 0.3 is 5.97 Å². The number of anilines is 1. The van der Waals surface area contributed by atoms with Crippen LogP contribution in [0.5, 0.6) is 11.5 Å². The number of hydrogen-bond acceptors (Lipinski definition) is 5. The zero-order chi connectivity index (χ0) is 18.4. The Bertz CT molecular complexity index is 768. The van der Waals surface area contributed by atoms with Crippen molar-refractivity contribution in [3.8, 4) is 11.5 Å². The molecule has 3 rings (SSSR count). The SMILES string of the molecule is CC(=O)Nc1ccc(Oc2ccccc2C(=O)OCC2CCCN2)cc1. The molecule has 0 bridgehead atoms. The molecule has 1 fully saturated rings. The Labute approximate surface area is 152 Å². The molecule has 0 aromatic heterocycles. The molecule has 0 spiro atoms. The van der Waals surface area contributed by atoms with E-state index < -0.39 is 5.97 Å². The van der Waals surface area contributed by atoms with Crippen molar-refractivity contribution in [2.45, 2.75) is 25.8 Å². The summed E-state index contributed by atoms with van der Waals surface area (Å²) in [6.07, 6.45) is 2.13. The van der Waals surface area contributed by atoms with Crippen molar-refractivity contribution in [2.24, 2.45) is 0 Å². The summed E-state index contributed by atoms with van der Waals surface area (Å²) in [6, 6.07) is 14.2. The van der Waals surface area contributed by atoms with Crippen molar-refractivity contribution in [3.05, 3.63) is 54.1 Å². The number of esters is 1. The first-order valence-corrected chi connectivity index (χ1v) is 8.67. The Hall–Kier alpha value is -2.86. The van der Waals surface area contributed by atoms with Crippen LogP contribution in [0.25, 0.3) is 0 Å². The van der Waals surface area contributed by atoms with Crippen LogP contribution in [0.15, 0.2) is 48.5 Å². The average molecular weight is 354 g/mol. The lowest BCUT2D eigenvalue weighted by atomic mass is 10.2. The number of amides is 1. The molecule has 0 aliphatic carbocycles. The Morgan fingerprint density at radius 3 is 2.62 bits per heavy atom. The van der Waals surface area contributed by atoms with Crippen LogP contribution >= 0.6 is 0 Å². The summed E-state index contributed by atoms with van der Waals surface area (Å²) in [5, 5.41) is 5.99. The highest BCUT2D eigenvalue weighted by molar-refractivity contribution is 5.92. The third-order valence-electron chi connectivity index (χ3n) is 4.09. The van der Waals surface area contributed by atoms with Gasteiger partial charge in [0, 0.05) is 18.7 Å². The monoisotopic (exact) mass is 354 g/mol. The number of carbonyl (C=O) groups excluding carboxylic acids is 2. The Balaban J connectivity index is 1.66. The van der Waals surface area contributed by atoms with E-state index in [0.717, 1.165) is 19.4 Å². The van der Waals surface area contributed by atoms with Crippen LogP contribution < -0.4 is 15.4 Å². The highest BCUT2D eigenvalue weighted by Gasteiger charge is 2.19. The van der Waals surface area contributed by atoms with Gasteiger partial charge in [0.15, 0.2) is 0 Å². The fourth-order valence-corrected chi connectivity index (χ4v) is 2.81. The zero-order valence-electron chi connectivity index (χ0n) is 14.7. The Kier molecular flexibility index (Phi) is 5.86. The lowest BCUT2D eigenvalue weighted by Gasteiger charge is -2.13. The first-order valence-electron chi connectivity index (χ1n) is 8.67. The topological polar surface area (TPSA) is 76.7 Å². The predicted octanol–water partition coefficient (Wildman–Crippen LogP) is 3.35. The maximum Gasteiger partial charge on any atom is 0.341 e. The largest absolute Gasteiger partial charge is 0.460 e. The molecule has 6 heteroatoms. The molecule has 2 N–H and O–H groups in total. The summed E-state index contributed by atoms with van der Waals surface area (Å²) in [4.78, 5) is 23.5.